The highest BCUT2D eigenvalue weighted by atomic mass is 35.5. The predicted molar refractivity (Wildman–Crippen MR) is 87.5 cm³/mol. The van der Waals surface area contributed by atoms with Gasteiger partial charge >= 0.3 is 0 Å². The summed E-state index contributed by atoms with van der Waals surface area (Å²) in [5.41, 5.74) is 2.42. The van der Waals surface area contributed by atoms with Gasteiger partial charge in [0, 0.05) is 24.1 Å². The molecule has 118 valence electrons. The fraction of sp³-hybridized carbons (Fsp3) is 0.647. The second-order valence-electron chi connectivity index (χ2n) is 5.58. The lowest BCUT2D eigenvalue weighted by Crippen LogP contribution is -2.42. The highest BCUT2D eigenvalue weighted by Gasteiger charge is 2.23. The minimum Gasteiger partial charge on any atom is -0.493 e. The third-order valence-electron chi connectivity index (χ3n) is 3.92. The fourth-order valence-electron chi connectivity index (χ4n) is 2.85. The Kier molecular flexibility index (Phi) is 6.34. The first kappa shape index (κ1) is 16.6. The number of nitrogens with one attached hydrogen (secondary N) is 1. The molecule has 0 amide bonds. The van der Waals surface area contributed by atoms with Crippen molar-refractivity contribution in [1.82, 2.24) is 5.32 Å². The van der Waals surface area contributed by atoms with Gasteiger partial charge in [-0.05, 0) is 56.5 Å². The molecular formula is C17H26ClNO2. The minimum absolute atomic E-state index is 0.164. The summed E-state index contributed by atoms with van der Waals surface area (Å²) in [5.74, 6) is 1.03. The van der Waals surface area contributed by atoms with Crippen LogP contribution in [0.2, 0.25) is 5.02 Å². The Morgan fingerprint density at radius 2 is 2.19 bits per heavy atom. The summed E-state index contributed by atoms with van der Waals surface area (Å²) in [4.78, 5) is 0. The lowest BCUT2D eigenvalue weighted by Gasteiger charge is -2.26. The Morgan fingerprint density at radius 3 is 2.90 bits per heavy atom. The van der Waals surface area contributed by atoms with Crippen LogP contribution in [0, 0.1) is 0 Å². The van der Waals surface area contributed by atoms with E-state index in [0.29, 0.717) is 0 Å². The molecule has 0 bridgehead atoms. The molecule has 2 unspecified atom stereocenters. The Morgan fingerprint density at radius 1 is 1.38 bits per heavy atom. The first-order valence-corrected chi connectivity index (χ1v) is 8.32. The summed E-state index contributed by atoms with van der Waals surface area (Å²) in [6.45, 7) is 8.82. The number of ether oxygens (including phenoxy) is 2. The topological polar surface area (TPSA) is 30.5 Å². The molecule has 21 heavy (non-hydrogen) atoms. The predicted octanol–water partition coefficient (Wildman–Crippen LogP) is 3.61. The maximum Gasteiger partial charge on any atom is 0.125 e. The van der Waals surface area contributed by atoms with Crippen molar-refractivity contribution >= 4 is 11.6 Å². The molecule has 1 heterocycles. The number of rotatable bonds is 8. The van der Waals surface area contributed by atoms with E-state index in [4.69, 9.17) is 21.1 Å². The quantitative estimate of drug-likeness (QED) is 0.795. The summed E-state index contributed by atoms with van der Waals surface area (Å²) in [5, 5.41) is 4.39. The van der Waals surface area contributed by atoms with Gasteiger partial charge in [-0.2, -0.15) is 0 Å². The first-order valence-electron chi connectivity index (χ1n) is 7.94. The average Bonchev–Trinajstić information content (AvgIpc) is 2.91. The molecular weight excluding hydrogens is 286 g/mol. The van der Waals surface area contributed by atoms with E-state index in [2.05, 4.69) is 19.2 Å². The molecule has 0 spiro atoms. The van der Waals surface area contributed by atoms with Crippen LogP contribution in [0.25, 0.3) is 0 Å². The lowest BCUT2D eigenvalue weighted by atomic mass is 9.98. The molecule has 1 aliphatic heterocycles. The SMILES string of the molecule is CCCNC(Cc1cc(Cl)cc2c1OCC2)C(C)OCC. The lowest BCUT2D eigenvalue weighted by molar-refractivity contribution is 0.0475. The molecule has 3 nitrogen and oxygen atoms in total. The molecule has 0 fully saturated rings. The number of halogens is 1. The van der Waals surface area contributed by atoms with E-state index < -0.39 is 0 Å². The summed E-state index contributed by atoms with van der Waals surface area (Å²) in [6.07, 6.45) is 3.11. The highest BCUT2D eigenvalue weighted by molar-refractivity contribution is 6.30. The number of hydrogen-bond acceptors (Lipinski definition) is 3. The van der Waals surface area contributed by atoms with Crippen LogP contribution >= 0.6 is 11.6 Å². The van der Waals surface area contributed by atoms with Gasteiger partial charge in [0.05, 0.1) is 12.7 Å². The molecule has 0 radical (unpaired) electrons. The van der Waals surface area contributed by atoms with Gasteiger partial charge in [-0.1, -0.05) is 18.5 Å². The standard InChI is InChI=1S/C17H26ClNO2/c1-4-7-19-16(12(3)20-5-2)11-14-10-15(18)9-13-6-8-21-17(13)14/h9-10,12,16,19H,4-8,11H2,1-3H3. The van der Waals surface area contributed by atoms with Crippen molar-refractivity contribution in [2.45, 2.75) is 52.2 Å². The van der Waals surface area contributed by atoms with Crippen molar-refractivity contribution in [2.75, 3.05) is 19.8 Å². The van der Waals surface area contributed by atoms with Gasteiger partial charge in [-0.25, -0.2) is 0 Å². The van der Waals surface area contributed by atoms with E-state index in [1.807, 2.05) is 19.1 Å². The monoisotopic (exact) mass is 311 g/mol. The second-order valence-corrected chi connectivity index (χ2v) is 6.01. The van der Waals surface area contributed by atoms with E-state index >= 15 is 0 Å². The molecule has 1 N–H and O–H groups in total. The third kappa shape index (κ3) is 4.35. The Bertz CT molecular complexity index is 464. The normalized spacial score (nSPS) is 16.4. The van der Waals surface area contributed by atoms with Crippen LogP contribution in [0.1, 0.15) is 38.3 Å². The zero-order chi connectivity index (χ0) is 15.2. The average molecular weight is 312 g/mol. The molecule has 0 saturated carbocycles. The van der Waals surface area contributed by atoms with Crippen molar-refractivity contribution in [3.63, 3.8) is 0 Å². The molecule has 0 aliphatic carbocycles. The zero-order valence-electron chi connectivity index (χ0n) is 13.2. The van der Waals surface area contributed by atoms with E-state index in [-0.39, 0.29) is 12.1 Å². The highest BCUT2D eigenvalue weighted by Crippen LogP contribution is 2.33. The third-order valence-corrected chi connectivity index (χ3v) is 4.14. The number of hydrogen-bond donors (Lipinski definition) is 1. The van der Waals surface area contributed by atoms with E-state index in [9.17, 15) is 0 Å². The van der Waals surface area contributed by atoms with Gasteiger partial charge in [0.15, 0.2) is 0 Å². The molecule has 1 aromatic rings. The van der Waals surface area contributed by atoms with Crippen LogP contribution in [0.5, 0.6) is 5.75 Å². The molecule has 0 saturated heterocycles. The van der Waals surface area contributed by atoms with Gasteiger partial charge in [0.25, 0.3) is 0 Å². The number of benzene rings is 1. The Balaban J connectivity index is 2.16. The number of fused-ring (bicyclic) bond motifs is 1. The van der Waals surface area contributed by atoms with Gasteiger partial charge in [0.1, 0.15) is 5.75 Å². The maximum atomic E-state index is 6.25. The van der Waals surface area contributed by atoms with E-state index in [0.717, 1.165) is 49.8 Å². The van der Waals surface area contributed by atoms with Crippen LogP contribution in [0.4, 0.5) is 0 Å². The van der Waals surface area contributed by atoms with E-state index in [1.165, 1.54) is 11.1 Å². The van der Waals surface area contributed by atoms with Crippen molar-refractivity contribution in [3.05, 3.63) is 28.3 Å². The smallest absolute Gasteiger partial charge is 0.125 e. The summed E-state index contributed by atoms with van der Waals surface area (Å²) < 4.78 is 11.6. The van der Waals surface area contributed by atoms with Gasteiger partial charge in [-0.15, -0.1) is 0 Å². The zero-order valence-corrected chi connectivity index (χ0v) is 14.0. The molecule has 1 aromatic carbocycles. The van der Waals surface area contributed by atoms with Gasteiger partial charge in [0.2, 0.25) is 0 Å². The summed E-state index contributed by atoms with van der Waals surface area (Å²) in [6, 6.07) is 4.33. The summed E-state index contributed by atoms with van der Waals surface area (Å²) in [7, 11) is 0. The van der Waals surface area contributed by atoms with Gasteiger partial charge in [-0.3, -0.25) is 0 Å². The Labute approximate surface area is 133 Å². The van der Waals surface area contributed by atoms with Crippen LogP contribution < -0.4 is 10.1 Å². The molecule has 4 heteroatoms. The Hall–Kier alpha value is -0.770. The molecule has 2 rings (SSSR count). The van der Waals surface area contributed by atoms with Crippen molar-refractivity contribution in [1.29, 1.82) is 0 Å². The van der Waals surface area contributed by atoms with Crippen molar-refractivity contribution in [3.8, 4) is 5.75 Å². The molecule has 0 aromatic heterocycles. The minimum atomic E-state index is 0.164. The van der Waals surface area contributed by atoms with Gasteiger partial charge < -0.3 is 14.8 Å². The van der Waals surface area contributed by atoms with Crippen molar-refractivity contribution in [2.24, 2.45) is 0 Å². The largest absolute Gasteiger partial charge is 0.493 e. The van der Waals surface area contributed by atoms with Crippen LogP contribution in [0.3, 0.4) is 0 Å². The van der Waals surface area contributed by atoms with Crippen LogP contribution in [0.15, 0.2) is 12.1 Å². The first-order chi connectivity index (χ1) is 10.2. The second kappa shape index (κ2) is 8.02. The fourth-order valence-corrected chi connectivity index (χ4v) is 3.11. The molecule has 2 atom stereocenters. The molecule has 1 aliphatic rings. The van der Waals surface area contributed by atoms with Crippen LogP contribution in [-0.4, -0.2) is 31.9 Å². The van der Waals surface area contributed by atoms with Crippen LogP contribution in [-0.2, 0) is 17.6 Å². The van der Waals surface area contributed by atoms with Crippen molar-refractivity contribution < 1.29 is 9.47 Å². The van der Waals surface area contributed by atoms with E-state index in [1.54, 1.807) is 0 Å². The summed E-state index contributed by atoms with van der Waals surface area (Å²) >= 11 is 6.25. The maximum absolute atomic E-state index is 6.25.